The third-order valence-corrected chi connectivity index (χ3v) is 4.69. The van der Waals surface area contributed by atoms with Crippen molar-refractivity contribution >= 4 is 12.0 Å². The number of rotatable bonds is 2. The summed E-state index contributed by atoms with van der Waals surface area (Å²) in [5.74, 6) is 0.964. The van der Waals surface area contributed by atoms with Crippen molar-refractivity contribution in [2.24, 2.45) is 17.6 Å². The largest absolute Gasteiger partial charge is 0.339 e. The molecule has 0 bridgehead atoms. The first kappa shape index (κ1) is 14.3. The highest BCUT2D eigenvalue weighted by molar-refractivity contribution is 5.92. The summed E-state index contributed by atoms with van der Waals surface area (Å²) in [7, 11) is 0. The molecule has 1 amide bonds. The molecule has 3 nitrogen and oxygen atoms in total. The minimum Gasteiger partial charge on any atom is -0.339 e. The number of halogens is 1. The molecule has 2 fully saturated rings. The number of carbonyl (C=O) groups is 1. The Labute approximate surface area is 124 Å². The summed E-state index contributed by atoms with van der Waals surface area (Å²) in [6.07, 6.45) is 6.59. The van der Waals surface area contributed by atoms with Crippen LogP contribution in [0.2, 0.25) is 0 Å². The maximum absolute atomic E-state index is 12.8. The number of fused-ring (bicyclic) bond motifs is 1. The Morgan fingerprint density at radius 3 is 2.67 bits per heavy atom. The zero-order valence-corrected chi connectivity index (χ0v) is 12.0. The Balaban J connectivity index is 1.60. The first-order valence-electron chi connectivity index (χ1n) is 7.60. The fourth-order valence-corrected chi connectivity index (χ4v) is 3.49. The van der Waals surface area contributed by atoms with Crippen LogP contribution >= 0.6 is 0 Å². The Morgan fingerprint density at radius 1 is 1.19 bits per heavy atom. The first-order chi connectivity index (χ1) is 10.1. The van der Waals surface area contributed by atoms with Crippen LogP contribution in [0, 0.1) is 17.7 Å². The smallest absolute Gasteiger partial charge is 0.246 e. The van der Waals surface area contributed by atoms with Crippen LogP contribution in [0.3, 0.4) is 0 Å². The van der Waals surface area contributed by atoms with Gasteiger partial charge in [-0.2, -0.15) is 0 Å². The van der Waals surface area contributed by atoms with Gasteiger partial charge in [0.15, 0.2) is 0 Å². The molecule has 3 atom stereocenters. The normalized spacial score (nSPS) is 28.9. The molecule has 1 saturated heterocycles. The minimum absolute atomic E-state index is 0.0438. The van der Waals surface area contributed by atoms with E-state index < -0.39 is 0 Å². The summed E-state index contributed by atoms with van der Waals surface area (Å²) in [5, 5.41) is 0. The van der Waals surface area contributed by atoms with Gasteiger partial charge in [0.2, 0.25) is 5.91 Å². The van der Waals surface area contributed by atoms with Gasteiger partial charge in [0, 0.05) is 25.2 Å². The minimum atomic E-state index is -0.265. The van der Waals surface area contributed by atoms with Gasteiger partial charge < -0.3 is 10.6 Å². The fraction of sp³-hybridized carbons (Fsp3) is 0.471. The quantitative estimate of drug-likeness (QED) is 0.850. The number of nitrogens with two attached hydrogens (primary N) is 1. The lowest BCUT2D eigenvalue weighted by Gasteiger charge is -2.27. The highest BCUT2D eigenvalue weighted by atomic mass is 19.1. The van der Waals surface area contributed by atoms with Crippen molar-refractivity contribution in [1.29, 1.82) is 0 Å². The average molecular weight is 288 g/mol. The standard InChI is InChI=1S/C17H21FN2O/c18-15-5-1-12(2-6-15)3-8-17(21)20-10-13-4-7-16(19)9-14(13)11-20/h1-3,5-6,8,13-14,16H,4,7,9-11,19H2/b8-3+/t13-,14+,16?/m1/s1. The molecule has 0 radical (unpaired) electrons. The molecule has 4 heteroatoms. The Bertz CT molecular complexity index is 540. The van der Waals surface area contributed by atoms with E-state index in [1.165, 1.54) is 12.1 Å². The maximum atomic E-state index is 12.8. The van der Waals surface area contributed by atoms with Gasteiger partial charge in [0.05, 0.1) is 0 Å². The molecule has 1 aromatic rings. The number of hydrogen-bond donors (Lipinski definition) is 1. The SMILES string of the molecule is NC1CC[C@@H]2CN(C(=O)/C=C/c3ccc(F)cc3)C[C@@H]2C1. The zero-order chi connectivity index (χ0) is 14.8. The van der Waals surface area contributed by atoms with Crippen LogP contribution in [0.15, 0.2) is 30.3 Å². The molecule has 1 aromatic carbocycles. The summed E-state index contributed by atoms with van der Waals surface area (Å²) < 4.78 is 12.8. The van der Waals surface area contributed by atoms with Crippen molar-refractivity contribution in [2.45, 2.75) is 25.3 Å². The second-order valence-electron chi connectivity index (χ2n) is 6.22. The molecule has 1 heterocycles. The van der Waals surface area contributed by atoms with Gasteiger partial charge in [-0.1, -0.05) is 12.1 Å². The van der Waals surface area contributed by atoms with E-state index in [1.807, 2.05) is 4.90 Å². The Kier molecular flexibility index (Phi) is 4.06. The molecule has 2 N–H and O–H groups in total. The van der Waals surface area contributed by atoms with Crippen LogP contribution in [0.1, 0.15) is 24.8 Å². The lowest BCUT2D eigenvalue weighted by atomic mass is 9.79. The maximum Gasteiger partial charge on any atom is 0.246 e. The molecular formula is C17H21FN2O. The summed E-state index contributed by atoms with van der Waals surface area (Å²) in [6, 6.07) is 6.44. The second kappa shape index (κ2) is 5.98. The van der Waals surface area contributed by atoms with Crippen LogP contribution in [-0.2, 0) is 4.79 Å². The van der Waals surface area contributed by atoms with Gasteiger partial charge in [0.1, 0.15) is 5.82 Å². The third kappa shape index (κ3) is 3.32. The van der Waals surface area contributed by atoms with Crippen LogP contribution in [-0.4, -0.2) is 29.9 Å². The summed E-state index contributed by atoms with van der Waals surface area (Å²) in [5.41, 5.74) is 6.85. The van der Waals surface area contributed by atoms with Crippen molar-refractivity contribution in [2.75, 3.05) is 13.1 Å². The summed E-state index contributed by atoms with van der Waals surface area (Å²) in [6.45, 7) is 1.68. The number of benzene rings is 1. The lowest BCUT2D eigenvalue weighted by Crippen LogP contribution is -2.32. The van der Waals surface area contributed by atoms with Gasteiger partial charge in [-0.15, -0.1) is 0 Å². The van der Waals surface area contributed by atoms with E-state index in [0.717, 1.165) is 37.9 Å². The fourth-order valence-electron chi connectivity index (χ4n) is 3.49. The van der Waals surface area contributed by atoms with Gasteiger partial charge in [-0.3, -0.25) is 4.79 Å². The molecular weight excluding hydrogens is 267 g/mol. The second-order valence-corrected chi connectivity index (χ2v) is 6.22. The molecule has 21 heavy (non-hydrogen) atoms. The van der Waals surface area contributed by atoms with Gasteiger partial charge >= 0.3 is 0 Å². The van der Waals surface area contributed by atoms with Crippen LogP contribution in [0.5, 0.6) is 0 Å². The molecule has 1 unspecified atom stereocenters. The number of amides is 1. The molecule has 0 aromatic heterocycles. The summed E-state index contributed by atoms with van der Waals surface area (Å²) in [4.78, 5) is 14.2. The molecule has 3 rings (SSSR count). The third-order valence-electron chi connectivity index (χ3n) is 4.69. The number of likely N-dealkylation sites (tertiary alicyclic amines) is 1. The number of hydrogen-bond acceptors (Lipinski definition) is 2. The van der Waals surface area contributed by atoms with Crippen molar-refractivity contribution in [3.8, 4) is 0 Å². The lowest BCUT2D eigenvalue weighted by molar-refractivity contribution is -0.125. The molecule has 1 aliphatic carbocycles. The average Bonchev–Trinajstić information content (AvgIpc) is 2.89. The van der Waals surface area contributed by atoms with Crippen molar-refractivity contribution in [3.63, 3.8) is 0 Å². The predicted molar refractivity (Wildman–Crippen MR) is 80.8 cm³/mol. The predicted octanol–water partition coefficient (Wildman–Crippen LogP) is 2.42. The molecule has 1 aliphatic heterocycles. The highest BCUT2D eigenvalue weighted by Crippen LogP contribution is 2.35. The molecule has 112 valence electrons. The number of nitrogens with zero attached hydrogens (tertiary/aromatic N) is 1. The van der Waals surface area contributed by atoms with E-state index in [0.29, 0.717) is 17.9 Å². The number of carbonyl (C=O) groups excluding carboxylic acids is 1. The van der Waals surface area contributed by atoms with Gasteiger partial charge in [-0.05, 0) is 54.9 Å². The first-order valence-corrected chi connectivity index (χ1v) is 7.60. The Hall–Kier alpha value is -1.68. The van der Waals surface area contributed by atoms with E-state index in [1.54, 1.807) is 24.3 Å². The van der Waals surface area contributed by atoms with E-state index in [-0.39, 0.29) is 11.7 Å². The van der Waals surface area contributed by atoms with E-state index in [2.05, 4.69) is 0 Å². The topological polar surface area (TPSA) is 46.3 Å². The van der Waals surface area contributed by atoms with Crippen LogP contribution < -0.4 is 5.73 Å². The zero-order valence-electron chi connectivity index (χ0n) is 12.0. The molecule has 1 saturated carbocycles. The van der Waals surface area contributed by atoms with Gasteiger partial charge in [0.25, 0.3) is 0 Å². The van der Waals surface area contributed by atoms with E-state index in [4.69, 9.17) is 5.73 Å². The van der Waals surface area contributed by atoms with Crippen molar-refractivity contribution < 1.29 is 9.18 Å². The monoisotopic (exact) mass is 288 g/mol. The van der Waals surface area contributed by atoms with E-state index in [9.17, 15) is 9.18 Å². The van der Waals surface area contributed by atoms with E-state index >= 15 is 0 Å². The summed E-state index contributed by atoms with van der Waals surface area (Å²) >= 11 is 0. The van der Waals surface area contributed by atoms with Crippen molar-refractivity contribution in [3.05, 3.63) is 41.7 Å². The molecule has 0 spiro atoms. The van der Waals surface area contributed by atoms with Crippen LogP contribution in [0.25, 0.3) is 6.08 Å². The molecule has 2 aliphatic rings. The highest BCUT2D eigenvalue weighted by Gasteiger charge is 2.37. The van der Waals surface area contributed by atoms with Gasteiger partial charge in [-0.25, -0.2) is 4.39 Å². The van der Waals surface area contributed by atoms with Crippen LogP contribution in [0.4, 0.5) is 4.39 Å². The van der Waals surface area contributed by atoms with Crippen molar-refractivity contribution in [1.82, 2.24) is 4.90 Å². The Morgan fingerprint density at radius 2 is 1.90 bits per heavy atom.